The van der Waals surface area contributed by atoms with Gasteiger partial charge in [0.2, 0.25) is 15.9 Å². The Labute approximate surface area is 217 Å². The van der Waals surface area contributed by atoms with Crippen molar-refractivity contribution in [3.05, 3.63) is 76.9 Å². The van der Waals surface area contributed by atoms with E-state index in [0.717, 1.165) is 5.69 Å². The first kappa shape index (κ1) is 28.5. The van der Waals surface area contributed by atoms with Gasteiger partial charge in [0.15, 0.2) is 0 Å². The highest BCUT2D eigenvalue weighted by molar-refractivity contribution is 7.88. The third-order valence-corrected chi connectivity index (χ3v) is 6.44. The molecule has 2 aromatic carbocycles. The fourth-order valence-electron chi connectivity index (χ4n) is 3.07. The summed E-state index contributed by atoms with van der Waals surface area (Å²) in [5.41, 5.74) is 0.0281. The van der Waals surface area contributed by atoms with Gasteiger partial charge in [0, 0.05) is 43.7 Å². The number of pyridine rings is 1. The van der Waals surface area contributed by atoms with Gasteiger partial charge in [0.1, 0.15) is 23.1 Å². The number of nitrogens with one attached hydrogen (secondary N) is 2. The number of hydrogen-bond donors (Lipinski definition) is 2. The van der Waals surface area contributed by atoms with E-state index in [9.17, 15) is 21.6 Å². The minimum Gasteiger partial charge on any atom is -0.491 e. The molecule has 0 spiro atoms. The average Bonchev–Trinajstić information content (AvgIpc) is 2.84. The van der Waals surface area contributed by atoms with Crippen LogP contribution >= 0.6 is 11.6 Å². The van der Waals surface area contributed by atoms with Gasteiger partial charge < -0.3 is 19.5 Å². The van der Waals surface area contributed by atoms with Crippen molar-refractivity contribution in [1.82, 2.24) is 9.71 Å². The summed E-state index contributed by atoms with van der Waals surface area (Å²) in [6, 6.07) is 14.4. The quantitative estimate of drug-likeness (QED) is 0.281. The first-order chi connectivity index (χ1) is 17.6. The van der Waals surface area contributed by atoms with Crippen LogP contribution in [0, 0.1) is 0 Å². The summed E-state index contributed by atoms with van der Waals surface area (Å²) in [5, 5.41) is 2.71. The van der Waals surface area contributed by atoms with Crippen molar-refractivity contribution in [3.63, 3.8) is 0 Å². The summed E-state index contributed by atoms with van der Waals surface area (Å²) in [5.74, 6) is -0.444. The lowest BCUT2D eigenvalue weighted by atomic mass is 10.2. The van der Waals surface area contributed by atoms with Crippen LogP contribution in [-0.2, 0) is 26.7 Å². The lowest BCUT2D eigenvalue weighted by Crippen LogP contribution is -2.30. The molecule has 200 valence electrons. The van der Waals surface area contributed by atoms with Crippen LogP contribution in [0.2, 0.25) is 5.02 Å². The number of nitrogens with zero attached hydrogens (tertiary/aromatic N) is 1. The predicted molar refractivity (Wildman–Crippen MR) is 134 cm³/mol. The summed E-state index contributed by atoms with van der Waals surface area (Å²) in [4.78, 5) is 3.66. The van der Waals surface area contributed by atoms with E-state index in [1.54, 1.807) is 6.07 Å². The number of rotatable bonds is 13. The van der Waals surface area contributed by atoms with Crippen LogP contribution in [0.4, 0.5) is 18.9 Å². The maximum absolute atomic E-state index is 13.0. The molecule has 0 aliphatic heterocycles. The number of methoxy groups -OCH3 is 1. The Balaban J connectivity index is 1.75. The van der Waals surface area contributed by atoms with E-state index in [0.29, 0.717) is 31.2 Å². The number of aromatic nitrogens is 1. The Bertz CT molecular complexity index is 1280. The van der Waals surface area contributed by atoms with E-state index in [2.05, 4.69) is 15.0 Å². The number of hydrogen-bond acceptors (Lipinski definition) is 7. The van der Waals surface area contributed by atoms with E-state index < -0.39 is 27.5 Å². The molecule has 0 aliphatic carbocycles. The van der Waals surface area contributed by atoms with Crippen LogP contribution in [0.3, 0.4) is 0 Å². The average molecular weight is 560 g/mol. The van der Waals surface area contributed by atoms with E-state index in [4.69, 9.17) is 25.8 Å². The summed E-state index contributed by atoms with van der Waals surface area (Å²) < 4.78 is 83.0. The molecular formula is C24H25ClF3N3O5S. The van der Waals surface area contributed by atoms with E-state index >= 15 is 0 Å². The van der Waals surface area contributed by atoms with E-state index in [-0.39, 0.29) is 35.4 Å². The Kier molecular flexibility index (Phi) is 9.98. The van der Waals surface area contributed by atoms with Gasteiger partial charge in [-0.05, 0) is 24.3 Å². The normalized spacial score (nSPS) is 11.8. The summed E-state index contributed by atoms with van der Waals surface area (Å²) in [6.45, 7) is 0.990. The number of benzene rings is 2. The smallest absolute Gasteiger partial charge is 0.417 e. The van der Waals surface area contributed by atoms with Gasteiger partial charge in [-0.3, -0.25) is 0 Å². The minimum atomic E-state index is -4.63. The van der Waals surface area contributed by atoms with E-state index in [1.807, 2.05) is 30.3 Å². The van der Waals surface area contributed by atoms with Crippen LogP contribution in [-0.4, -0.2) is 46.8 Å². The molecule has 1 aromatic heterocycles. The Morgan fingerprint density at radius 2 is 1.78 bits per heavy atom. The molecule has 0 aliphatic rings. The SMILES string of the molecule is COCCOc1ccc(CS(=O)(=O)NCCNc2ccccc2)c(Oc2ncc(C(F)(F)F)cc2Cl)c1. The lowest BCUT2D eigenvalue weighted by molar-refractivity contribution is -0.137. The second kappa shape index (κ2) is 13.0. The second-order valence-electron chi connectivity index (χ2n) is 7.67. The van der Waals surface area contributed by atoms with Gasteiger partial charge in [0.05, 0.1) is 17.9 Å². The first-order valence-corrected chi connectivity index (χ1v) is 13.0. The molecule has 0 saturated heterocycles. The van der Waals surface area contributed by atoms with Crippen molar-refractivity contribution in [2.45, 2.75) is 11.9 Å². The van der Waals surface area contributed by atoms with Gasteiger partial charge in [-0.25, -0.2) is 18.1 Å². The molecule has 1 heterocycles. The number of ether oxygens (including phenoxy) is 3. The van der Waals surface area contributed by atoms with Gasteiger partial charge in [-0.2, -0.15) is 13.2 Å². The third-order valence-electron chi connectivity index (χ3n) is 4.83. The highest BCUT2D eigenvalue weighted by atomic mass is 35.5. The van der Waals surface area contributed by atoms with Gasteiger partial charge in [-0.1, -0.05) is 35.9 Å². The molecule has 37 heavy (non-hydrogen) atoms. The molecule has 0 fully saturated rings. The van der Waals surface area contributed by atoms with Crippen LogP contribution in [0.5, 0.6) is 17.4 Å². The largest absolute Gasteiger partial charge is 0.491 e. The molecule has 8 nitrogen and oxygen atoms in total. The zero-order valence-electron chi connectivity index (χ0n) is 19.7. The molecule has 0 unspecified atom stereocenters. The van der Waals surface area contributed by atoms with Crippen LogP contribution < -0.4 is 19.5 Å². The Hall–Kier alpha value is -3.06. The van der Waals surface area contributed by atoms with Crippen molar-refractivity contribution < 1.29 is 35.8 Å². The van der Waals surface area contributed by atoms with Crippen molar-refractivity contribution >= 4 is 27.3 Å². The highest BCUT2D eigenvalue weighted by Gasteiger charge is 2.32. The first-order valence-electron chi connectivity index (χ1n) is 11.0. The van der Waals surface area contributed by atoms with E-state index in [1.165, 1.54) is 19.2 Å². The molecule has 3 rings (SSSR count). The maximum Gasteiger partial charge on any atom is 0.417 e. The molecule has 13 heteroatoms. The fourth-order valence-corrected chi connectivity index (χ4v) is 4.43. The number of alkyl halides is 3. The lowest BCUT2D eigenvalue weighted by Gasteiger charge is -2.15. The van der Waals surface area contributed by atoms with Crippen LogP contribution in [0.25, 0.3) is 0 Å². The molecule has 0 amide bonds. The van der Waals surface area contributed by atoms with Crippen molar-refractivity contribution in [2.75, 3.05) is 38.7 Å². The van der Waals surface area contributed by atoms with Crippen molar-refractivity contribution in [2.24, 2.45) is 0 Å². The Morgan fingerprint density at radius 3 is 2.46 bits per heavy atom. The number of sulfonamides is 1. The maximum atomic E-state index is 13.0. The van der Waals surface area contributed by atoms with Gasteiger partial charge >= 0.3 is 6.18 Å². The minimum absolute atomic E-state index is 0.0110. The molecular weight excluding hydrogens is 535 g/mol. The van der Waals surface area contributed by atoms with Crippen molar-refractivity contribution in [3.8, 4) is 17.4 Å². The standard InChI is InChI=1S/C24H25ClF3N3O5S/c1-34-11-12-35-20-8-7-17(16-37(32,33)31-10-9-29-19-5-3-2-4-6-19)22(14-20)36-23-21(25)13-18(15-30-23)24(26,27)28/h2-8,13-15,29,31H,9-12,16H2,1H3. The fraction of sp³-hybridized carbons (Fsp3) is 0.292. The zero-order valence-corrected chi connectivity index (χ0v) is 21.3. The molecule has 0 saturated carbocycles. The summed E-state index contributed by atoms with van der Waals surface area (Å²) >= 11 is 5.98. The second-order valence-corrected chi connectivity index (χ2v) is 9.88. The molecule has 3 aromatic rings. The molecule has 0 bridgehead atoms. The van der Waals surface area contributed by atoms with Gasteiger partial charge in [0.25, 0.3) is 0 Å². The molecule has 0 atom stereocenters. The number of halogens is 4. The third kappa shape index (κ3) is 9.08. The van der Waals surface area contributed by atoms with Gasteiger partial charge in [-0.15, -0.1) is 0 Å². The monoisotopic (exact) mass is 559 g/mol. The topological polar surface area (TPSA) is 98.8 Å². The highest BCUT2D eigenvalue weighted by Crippen LogP contribution is 2.36. The van der Waals surface area contributed by atoms with Crippen LogP contribution in [0.1, 0.15) is 11.1 Å². The number of para-hydroxylation sites is 1. The number of anilines is 1. The predicted octanol–water partition coefficient (Wildman–Crippen LogP) is 5.10. The van der Waals surface area contributed by atoms with Crippen LogP contribution in [0.15, 0.2) is 60.8 Å². The summed E-state index contributed by atoms with van der Waals surface area (Å²) in [7, 11) is -2.30. The molecule has 2 N–H and O–H groups in total. The van der Waals surface area contributed by atoms with Crippen molar-refractivity contribution in [1.29, 1.82) is 0 Å². The molecule has 0 radical (unpaired) electrons. The zero-order chi connectivity index (χ0) is 26.9. The Morgan fingerprint density at radius 1 is 1.03 bits per heavy atom. The summed E-state index contributed by atoms with van der Waals surface area (Å²) in [6.07, 6.45) is -4.05.